The predicted molar refractivity (Wildman–Crippen MR) is 127 cm³/mol. The van der Waals surface area contributed by atoms with Crippen LogP contribution in [-0.2, 0) is 12.8 Å². The van der Waals surface area contributed by atoms with Crippen LogP contribution in [0.15, 0.2) is 72.8 Å². The van der Waals surface area contributed by atoms with Gasteiger partial charge in [0.25, 0.3) is 0 Å². The number of aromatic amines is 1. The van der Waals surface area contributed by atoms with E-state index in [9.17, 15) is 4.79 Å². The number of rotatable bonds is 8. The highest BCUT2D eigenvalue weighted by Gasteiger charge is 2.19. The molecular formula is C25H25ClN4O2. The molecule has 1 unspecified atom stereocenters. The maximum atomic E-state index is 12.7. The molecule has 3 N–H and O–H groups in total. The summed E-state index contributed by atoms with van der Waals surface area (Å²) in [6.45, 7) is 0.517. The highest BCUT2D eigenvalue weighted by Crippen LogP contribution is 2.21. The lowest BCUT2D eigenvalue weighted by molar-refractivity contribution is 0.236. The van der Waals surface area contributed by atoms with Crippen molar-refractivity contribution in [1.82, 2.24) is 20.6 Å². The Balaban J connectivity index is 1.45. The van der Waals surface area contributed by atoms with Gasteiger partial charge in [0.05, 0.1) is 24.2 Å². The molecule has 0 spiro atoms. The Labute approximate surface area is 192 Å². The summed E-state index contributed by atoms with van der Waals surface area (Å²) in [5.74, 6) is 1.51. The number of hydrogen-bond acceptors (Lipinski definition) is 3. The standard InChI is InChI=1S/C25H25ClN4O2/c1-32-20-12-8-18(9-13-20)16-23(24-28-21-4-2-3-5-22(21)29-24)30-25(31)27-15-14-17-6-10-19(26)11-7-17/h2-13,23H,14-16H2,1H3,(H,28,29)(H2,27,30,31). The first-order valence-electron chi connectivity index (χ1n) is 10.5. The van der Waals surface area contributed by atoms with Gasteiger partial charge >= 0.3 is 6.03 Å². The van der Waals surface area contributed by atoms with E-state index in [-0.39, 0.29) is 12.1 Å². The molecule has 1 aromatic heterocycles. The molecule has 0 aliphatic heterocycles. The molecule has 0 radical (unpaired) electrons. The van der Waals surface area contributed by atoms with E-state index in [2.05, 4.69) is 15.6 Å². The van der Waals surface area contributed by atoms with E-state index in [1.165, 1.54) is 0 Å². The Morgan fingerprint density at radius 1 is 1.03 bits per heavy atom. The normalized spacial score (nSPS) is 11.8. The van der Waals surface area contributed by atoms with Gasteiger partial charge in [-0.05, 0) is 60.4 Å². The van der Waals surface area contributed by atoms with E-state index in [0.29, 0.717) is 18.0 Å². The molecule has 4 rings (SSSR count). The van der Waals surface area contributed by atoms with Gasteiger partial charge < -0.3 is 20.4 Å². The minimum atomic E-state index is -0.314. The van der Waals surface area contributed by atoms with Crippen LogP contribution in [0.1, 0.15) is 23.0 Å². The van der Waals surface area contributed by atoms with Crippen LogP contribution in [0.4, 0.5) is 4.79 Å². The van der Waals surface area contributed by atoms with E-state index in [1.54, 1.807) is 7.11 Å². The largest absolute Gasteiger partial charge is 0.497 e. The lowest BCUT2D eigenvalue weighted by Crippen LogP contribution is -2.40. The Morgan fingerprint density at radius 2 is 1.75 bits per heavy atom. The van der Waals surface area contributed by atoms with Gasteiger partial charge in [0.1, 0.15) is 11.6 Å². The predicted octanol–water partition coefficient (Wildman–Crippen LogP) is 5.05. The molecule has 32 heavy (non-hydrogen) atoms. The molecule has 6 nitrogen and oxygen atoms in total. The molecule has 4 aromatic rings. The molecule has 0 saturated heterocycles. The summed E-state index contributed by atoms with van der Waals surface area (Å²) >= 11 is 5.93. The average Bonchev–Trinajstić information content (AvgIpc) is 3.25. The minimum Gasteiger partial charge on any atom is -0.497 e. The number of nitrogens with zero attached hydrogens (tertiary/aromatic N) is 1. The van der Waals surface area contributed by atoms with Crippen molar-refractivity contribution in [1.29, 1.82) is 0 Å². The van der Waals surface area contributed by atoms with Gasteiger partial charge in [0, 0.05) is 11.6 Å². The van der Waals surface area contributed by atoms with Gasteiger partial charge in [0.2, 0.25) is 0 Å². The number of benzene rings is 3. The zero-order valence-electron chi connectivity index (χ0n) is 17.8. The number of H-pyrrole nitrogens is 1. The quantitative estimate of drug-likeness (QED) is 0.353. The number of ether oxygens (including phenoxy) is 1. The first kappa shape index (κ1) is 21.7. The third-order valence-electron chi connectivity index (χ3n) is 5.25. The van der Waals surface area contributed by atoms with E-state index in [4.69, 9.17) is 21.3 Å². The van der Waals surface area contributed by atoms with E-state index in [0.717, 1.165) is 40.2 Å². The lowest BCUT2D eigenvalue weighted by atomic mass is 10.1. The number of nitrogens with one attached hydrogen (secondary N) is 3. The lowest BCUT2D eigenvalue weighted by Gasteiger charge is -2.18. The number of methoxy groups -OCH3 is 1. The number of halogens is 1. The third-order valence-corrected chi connectivity index (χ3v) is 5.51. The first-order valence-corrected chi connectivity index (χ1v) is 10.8. The fourth-order valence-electron chi connectivity index (χ4n) is 3.53. The second kappa shape index (κ2) is 10.2. The molecular weight excluding hydrogens is 424 g/mol. The summed E-state index contributed by atoms with van der Waals surface area (Å²) in [6, 6.07) is 22.7. The molecule has 1 heterocycles. The van der Waals surface area contributed by atoms with E-state index < -0.39 is 0 Å². The minimum absolute atomic E-state index is 0.238. The number of carbonyl (C=O) groups is 1. The molecule has 164 valence electrons. The van der Waals surface area contributed by atoms with Crippen LogP contribution >= 0.6 is 11.6 Å². The van der Waals surface area contributed by atoms with Crippen LogP contribution in [0.5, 0.6) is 5.75 Å². The monoisotopic (exact) mass is 448 g/mol. The van der Waals surface area contributed by atoms with Crippen molar-refractivity contribution in [2.45, 2.75) is 18.9 Å². The molecule has 1 atom stereocenters. The number of hydrogen-bond donors (Lipinski definition) is 3. The van der Waals surface area contributed by atoms with Crippen LogP contribution in [-0.4, -0.2) is 29.7 Å². The SMILES string of the molecule is COc1ccc(CC(NC(=O)NCCc2ccc(Cl)cc2)c2nc3ccccc3[nH]2)cc1. The Kier molecular flexibility index (Phi) is 6.92. The molecule has 0 aliphatic carbocycles. The van der Waals surface area contributed by atoms with Crippen molar-refractivity contribution in [3.63, 3.8) is 0 Å². The van der Waals surface area contributed by atoms with Crippen LogP contribution in [0.25, 0.3) is 11.0 Å². The number of fused-ring (bicyclic) bond motifs is 1. The zero-order valence-corrected chi connectivity index (χ0v) is 18.5. The highest BCUT2D eigenvalue weighted by atomic mass is 35.5. The first-order chi connectivity index (χ1) is 15.6. The van der Waals surface area contributed by atoms with E-state index >= 15 is 0 Å². The molecule has 7 heteroatoms. The Morgan fingerprint density at radius 3 is 2.47 bits per heavy atom. The maximum Gasteiger partial charge on any atom is 0.315 e. The van der Waals surface area contributed by atoms with E-state index in [1.807, 2.05) is 72.8 Å². The number of carbonyl (C=O) groups excluding carboxylic acids is 1. The third kappa shape index (κ3) is 5.59. The average molecular weight is 449 g/mol. The molecule has 0 aliphatic rings. The van der Waals surface area contributed by atoms with Gasteiger partial charge in [0.15, 0.2) is 0 Å². The van der Waals surface area contributed by atoms with Crippen molar-refractivity contribution in [3.8, 4) is 5.75 Å². The topological polar surface area (TPSA) is 79.0 Å². The fourth-order valence-corrected chi connectivity index (χ4v) is 3.66. The van der Waals surface area contributed by atoms with Crippen LogP contribution in [0.3, 0.4) is 0 Å². The van der Waals surface area contributed by atoms with Gasteiger partial charge in [-0.2, -0.15) is 0 Å². The van der Waals surface area contributed by atoms with Crippen LogP contribution < -0.4 is 15.4 Å². The second-order valence-electron chi connectivity index (χ2n) is 7.52. The Bertz CT molecular complexity index is 1140. The van der Waals surface area contributed by atoms with Crippen molar-refractivity contribution >= 4 is 28.7 Å². The van der Waals surface area contributed by atoms with Crippen molar-refractivity contribution in [2.24, 2.45) is 0 Å². The fraction of sp³-hybridized carbons (Fsp3) is 0.200. The summed E-state index contributed by atoms with van der Waals surface area (Å²) in [5, 5.41) is 6.71. The van der Waals surface area contributed by atoms with Crippen LogP contribution in [0, 0.1) is 0 Å². The molecule has 0 saturated carbocycles. The van der Waals surface area contributed by atoms with Crippen molar-refractivity contribution in [3.05, 3.63) is 94.8 Å². The van der Waals surface area contributed by atoms with Crippen molar-refractivity contribution in [2.75, 3.05) is 13.7 Å². The second-order valence-corrected chi connectivity index (χ2v) is 7.96. The number of para-hydroxylation sites is 2. The van der Waals surface area contributed by atoms with Crippen molar-refractivity contribution < 1.29 is 9.53 Å². The summed E-state index contributed by atoms with van der Waals surface area (Å²) in [4.78, 5) is 20.7. The number of amides is 2. The molecule has 0 fully saturated rings. The number of imidazole rings is 1. The Hall–Kier alpha value is -3.51. The summed E-state index contributed by atoms with van der Waals surface area (Å²) < 4.78 is 5.24. The van der Waals surface area contributed by atoms with Gasteiger partial charge in [-0.1, -0.05) is 48.0 Å². The van der Waals surface area contributed by atoms with Crippen LogP contribution in [0.2, 0.25) is 5.02 Å². The van der Waals surface area contributed by atoms with Gasteiger partial charge in [-0.3, -0.25) is 0 Å². The summed E-state index contributed by atoms with van der Waals surface area (Å²) in [7, 11) is 1.64. The van der Waals surface area contributed by atoms with Gasteiger partial charge in [-0.15, -0.1) is 0 Å². The molecule has 0 bridgehead atoms. The maximum absolute atomic E-state index is 12.7. The van der Waals surface area contributed by atoms with Gasteiger partial charge in [-0.25, -0.2) is 9.78 Å². The molecule has 3 aromatic carbocycles. The number of aromatic nitrogens is 2. The summed E-state index contributed by atoms with van der Waals surface area (Å²) in [5.41, 5.74) is 3.99. The molecule has 2 amide bonds. The number of urea groups is 1. The smallest absolute Gasteiger partial charge is 0.315 e. The summed E-state index contributed by atoms with van der Waals surface area (Å²) in [6.07, 6.45) is 1.31. The highest BCUT2D eigenvalue weighted by molar-refractivity contribution is 6.30. The zero-order chi connectivity index (χ0) is 22.3.